The summed E-state index contributed by atoms with van der Waals surface area (Å²) in [5, 5.41) is 9.01. The van der Waals surface area contributed by atoms with Crippen LogP contribution in [0.25, 0.3) is 0 Å². The van der Waals surface area contributed by atoms with E-state index in [9.17, 15) is 4.79 Å². The number of thioether (sulfide) groups is 1. The second kappa shape index (κ2) is 13.2. The molecule has 5 heteroatoms. The Balaban J connectivity index is 3.39. The van der Waals surface area contributed by atoms with Gasteiger partial charge in [0.05, 0.1) is 6.61 Å². The van der Waals surface area contributed by atoms with E-state index in [0.717, 1.165) is 24.6 Å². The molecule has 22 heavy (non-hydrogen) atoms. The first kappa shape index (κ1) is 21.7. The van der Waals surface area contributed by atoms with Gasteiger partial charge in [0.2, 0.25) is 4.38 Å². The highest BCUT2D eigenvalue weighted by molar-refractivity contribution is 8.23. The molecule has 1 N–H and O–H groups in total. The molecular weight excluding hydrogens is 316 g/mol. The van der Waals surface area contributed by atoms with Crippen molar-refractivity contribution in [2.45, 2.75) is 89.7 Å². The van der Waals surface area contributed by atoms with Crippen LogP contribution < -0.4 is 0 Å². The lowest BCUT2D eigenvalue weighted by Gasteiger charge is -2.18. The van der Waals surface area contributed by atoms with E-state index in [2.05, 4.69) is 6.92 Å². The Morgan fingerprint density at radius 3 is 1.91 bits per heavy atom. The lowest BCUT2D eigenvalue weighted by Crippen LogP contribution is -2.29. The molecular formula is C17H32O3S2. The lowest BCUT2D eigenvalue weighted by atomic mass is 10.1. The van der Waals surface area contributed by atoms with Crippen LogP contribution in [-0.2, 0) is 9.53 Å². The van der Waals surface area contributed by atoms with Gasteiger partial charge in [-0.25, -0.2) is 0 Å². The number of carboxylic acid groups (broad SMARTS) is 1. The number of rotatable bonds is 13. The molecule has 0 radical (unpaired) electrons. The van der Waals surface area contributed by atoms with Crippen LogP contribution in [0.2, 0.25) is 0 Å². The van der Waals surface area contributed by atoms with E-state index in [4.69, 9.17) is 22.1 Å². The van der Waals surface area contributed by atoms with Crippen molar-refractivity contribution in [2.24, 2.45) is 0 Å². The topological polar surface area (TPSA) is 46.5 Å². The van der Waals surface area contributed by atoms with Gasteiger partial charge in [-0.3, -0.25) is 4.79 Å². The highest BCUT2D eigenvalue weighted by atomic mass is 32.2. The number of hydrogen-bond acceptors (Lipinski definition) is 4. The standard InChI is InChI=1S/C17H32O3S2/c1-4-5-6-7-8-9-10-11-12-13-14-20-16(21)22-17(2,3)15(18)19/h4-14H2,1-3H3,(H,18,19). The summed E-state index contributed by atoms with van der Waals surface area (Å²) in [5.74, 6) is -0.873. The lowest BCUT2D eigenvalue weighted by molar-refractivity contribution is -0.138. The van der Waals surface area contributed by atoms with Gasteiger partial charge in [0, 0.05) is 0 Å². The molecule has 0 aliphatic carbocycles. The molecule has 0 spiro atoms. The Kier molecular flexibility index (Phi) is 13.0. The molecule has 0 aliphatic rings. The minimum atomic E-state index is -0.922. The predicted octanol–water partition coefficient (Wildman–Crippen LogP) is 5.81. The van der Waals surface area contributed by atoms with Gasteiger partial charge in [-0.15, -0.1) is 0 Å². The average Bonchev–Trinajstić information content (AvgIpc) is 2.44. The maximum atomic E-state index is 11.0. The second-order valence-corrected chi connectivity index (χ2v) is 8.42. The Morgan fingerprint density at radius 2 is 1.45 bits per heavy atom. The van der Waals surface area contributed by atoms with Crippen LogP contribution in [0, 0.1) is 0 Å². The van der Waals surface area contributed by atoms with Crippen molar-refractivity contribution in [1.29, 1.82) is 0 Å². The maximum Gasteiger partial charge on any atom is 0.319 e. The Hall–Kier alpha value is -0.290. The summed E-state index contributed by atoms with van der Waals surface area (Å²) in [6, 6.07) is 0. The highest BCUT2D eigenvalue weighted by Crippen LogP contribution is 2.26. The van der Waals surface area contributed by atoms with Gasteiger partial charge in [0.15, 0.2) is 0 Å². The van der Waals surface area contributed by atoms with Crippen LogP contribution in [0.15, 0.2) is 0 Å². The van der Waals surface area contributed by atoms with E-state index in [1.165, 1.54) is 51.4 Å². The molecule has 0 unspecified atom stereocenters. The van der Waals surface area contributed by atoms with E-state index in [0.29, 0.717) is 11.0 Å². The van der Waals surface area contributed by atoms with Gasteiger partial charge in [-0.2, -0.15) is 0 Å². The summed E-state index contributed by atoms with van der Waals surface area (Å²) in [7, 11) is 0. The summed E-state index contributed by atoms with van der Waals surface area (Å²) < 4.78 is 4.85. The molecule has 0 fully saturated rings. The van der Waals surface area contributed by atoms with Crippen LogP contribution >= 0.6 is 24.0 Å². The molecule has 0 saturated heterocycles. The number of unbranched alkanes of at least 4 members (excludes halogenated alkanes) is 9. The SMILES string of the molecule is CCCCCCCCCCCCOC(=S)SC(C)(C)C(=O)O. The molecule has 0 amide bonds. The van der Waals surface area contributed by atoms with Gasteiger partial charge >= 0.3 is 5.97 Å². The third kappa shape index (κ3) is 12.3. The number of thiocarbonyl (C=S) groups is 1. The van der Waals surface area contributed by atoms with E-state index in [1.807, 2.05) is 0 Å². The molecule has 3 nitrogen and oxygen atoms in total. The minimum absolute atomic E-state index is 0.336. The third-order valence-electron chi connectivity index (χ3n) is 3.57. The summed E-state index contributed by atoms with van der Waals surface area (Å²) >= 11 is 6.17. The van der Waals surface area contributed by atoms with Gasteiger partial charge in [0.25, 0.3) is 0 Å². The molecule has 0 aromatic rings. The number of ether oxygens (including phenoxy) is 1. The first-order valence-corrected chi connectivity index (χ1v) is 9.71. The Morgan fingerprint density at radius 1 is 1.00 bits per heavy atom. The zero-order valence-electron chi connectivity index (χ0n) is 14.4. The van der Waals surface area contributed by atoms with Crippen LogP contribution in [0.5, 0.6) is 0 Å². The second-order valence-electron chi connectivity index (χ2n) is 6.20. The molecule has 0 aromatic carbocycles. The van der Waals surface area contributed by atoms with E-state index in [1.54, 1.807) is 13.8 Å². The van der Waals surface area contributed by atoms with E-state index >= 15 is 0 Å². The van der Waals surface area contributed by atoms with Crippen molar-refractivity contribution < 1.29 is 14.6 Å². The molecule has 0 aromatic heterocycles. The van der Waals surface area contributed by atoms with Gasteiger partial charge < -0.3 is 9.84 Å². The van der Waals surface area contributed by atoms with Crippen LogP contribution in [0.1, 0.15) is 85.0 Å². The van der Waals surface area contributed by atoms with Crippen molar-refractivity contribution in [3.05, 3.63) is 0 Å². The molecule has 0 atom stereocenters. The van der Waals surface area contributed by atoms with Crippen molar-refractivity contribution >= 4 is 34.3 Å². The fourth-order valence-electron chi connectivity index (χ4n) is 2.03. The van der Waals surface area contributed by atoms with E-state index in [-0.39, 0.29) is 0 Å². The number of carbonyl (C=O) groups is 1. The molecule has 0 saturated carbocycles. The Bertz CT molecular complexity index is 317. The minimum Gasteiger partial charge on any atom is -0.480 e. The fraction of sp³-hybridized carbons (Fsp3) is 0.882. The first-order valence-electron chi connectivity index (χ1n) is 8.49. The molecule has 0 rings (SSSR count). The Labute approximate surface area is 145 Å². The van der Waals surface area contributed by atoms with Crippen molar-refractivity contribution in [3.63, 3.8) is 0 Å². The number of aliphatic carboxylic acids is 1. The molecule has 0 heterocycles. The smallest absolute Gasteiger partial charge is 0.319 e. The normalized spacial score (nSPS) is 11.4. The van der Waals surface area contributed by atoms with Crippen molar-refractivity contribution in [2.75, 3.05) is 6.61 Å². The molecule has 0 aliphatic heterocycles. The largest absolute Gasteiger partial charge is 0.480 e. The van der Waals surface area contributed by atoms with Crippen LogP contribution in [-0.4, -0.2) is 26.8 Å². The zero-order valence-corrected chi connectivity index (χ0v) is 16.0. The summed E-state index contributed by atoms with van der Waals surface area (Å²) in [6.07, 6.45) is 12.8. The van der Waals surface area contributed by atoms with E-state index < -0.39 is 10.7 Å². The van der Waals surface area contributed by atoms with Gasteiger partial charge in [-0.05, 0) is 32.5 Å². The monoisotopic (exact) mass is 348 g/mol. The van der Waals surface area contributed by atoms with Gasteiger partial charge in [0.1, 0.15) is 4.75 Å². The van der Waals surface area contributed by atoms with Crippen molar-refractivity contribution in [1.82, 2.24) is 0 Å². The quantitative estimate of drug-likeness (QED) is 0.336. The van der Waals surface area contributed by atoms with Gasteiger partial charge in [-0.1, -0.05) is 76.5 Å². The predicted molar refractivity (Wildman–Crippen MR) is 99.7 cm³/mol. The summed E-state index contributed by atoms with van der Waals surface area (Å²) in [6.45, 7) is 6.11. The number of hydrogen-bond donors (Lipinski definition) is 1. The highest BCUT2D eigenvalue weighted by Gasteiger charge is 2.30. The molecule has 130 valence electrons. The zero-order chi connectivity index (χ0) is 16.8. The van der Waals surface area contributed by atoms with Crippen molar-refractivity contribution in [3.8, 4) is 0 Å². The van der Waals surface area contributed by atoms with Crippen LogP contribution in [0.3, 0.4) is 0 Å². The first-order chi connectivity index (χ1) is 10.4. The maximum absolute atomic E-state index is 11.0. The fourth-order valence-corrected chi connectivity index (χ4v) is 3.38. The summed E-state index contributed by atoms with van der Waals surface area (Å²) in [5.41, 5.74) is 0. The molecule has 0 bridgehead atoms. The van der Waals surface area contributed by atoms with Crippen LogP contribution in [0.4, 0.5) is 0 Å². The average molecular weight is 349 g/mol. The summed E-state index contributed by atoms with van der Waals surface area (Å²) in [4.78, 5) is 11.0. The number of carboxylic acids is 1. The third-order valence-corrected chi connectivity index (χ3v) is 4.91.